The Kier molecular flexibility index (Phi) is 3.87. The van der Waals surface area contributed by atoms with E-state index in [9.17, 15) is 0 Å². The number of nitrogens with zero attached hydrogens (tertiary/aromatic N) is 1. The summed E-state index contributed by atoms with van der Waals surface area (Å²) >= 11 is 1.62. The normalized spacial score (nSPS) is 16.4. The van der Waals surface area contributed by atoms with Gasteiger partial charge in [0, 0.05) is 18.5 Å². The summed E-state index contributed by atoms with van der Waals surface area (Å²) < 4.78 is 5.50. The van der Waals surface area contributed by atoms with Crippen molar-refractivity contribution in [3.8, 4) is 0 Å². The van der Waals surface area contributed by atoms with Crippen LogP contribution in [-0.4, -0.2) is 12.1 Å². The van der Waals surface area contributed by atoms with Crippen LogP contribution in [0, 0.1) is 5.41 Å². The molecule has 3 nitrogen and oxygen atoms in total. The van der Waals surface area contributed by atoms with Crippen molar-refractivity contribution in [2.45, 2.75) is 39.8 Å². The van der Waals surface area contributed by atoms with Crippen LogP contribution in [0.4, 0.5) is 0 Å². The van der Waals surface area contributed by atoms with E-state index in [2.05, 4.69) is 25.8 Å². The standard InChI is InChI=1S/C11H20N2OS/c1-7(12)8-6-15-10(13-8)9(14-5)11(2,3)4/h6-7,9H,12H2,1-5H3. The molecule has 4 heteroatoms. The highest BCUT2D eigenvalue weighted by Gasteiger charge is 2.28. The lowest BCUT2D eigenvalue weighted by Gasteiger charge is -2.27. The van der Waals surface area contributed by atoms with Gasteiger partial charge >= 0.3 is 0 Å². The maximum Gasteiger partial charge on any atom is 0.122 e. The highest BCUT2D eigenvalue weighted by Crippen LogP contribution is 2.37. The number of rotatable bonds is 3. The van der Waals surface area contributed by atoms with Crippen LogP contribution < -0.4 is 5.73 Å². The molecule has 2 N–H and O–H groups in total. The van der Waals surface area contributed by atoms with Crippen LogP contribution in [0.25, 0.3) is 0 Å². The van der Waals surface area contributed by atoms with Gasteiger partial charge < -0.3 is 10.5 Å². The third-order valence-electron chi connectivity index (χ3n) is 2.25. The van der Waals surface area contributed by atoms with Crippen LogP contribution >= 0.6 is 11.3 Å². The van der Waals surface area contributed by atoms with E-state index in [0.29, 0.717) is 0 Å². The first kappa shape index (κ1) is 12.6. The molecule has 1 rings (SSSR count). The topological polar surface area (TPSA) is 48.1 Å². The van der Waals surface area contributed by atoms with Crippen molar-refractivity contribution < 1.29 is 4.74 Å². The summed E-state index contributed by atoms with van der Waals surface area (Å²) in [6.07, 6.45) is 0.0370. The predicted octanol–water partition coefficient (Wildman–Crippen LogP) is 2.90. The summed E-state index contributed by atoms with van der Waals surface area (Å²) in [5.74, 6) is 0. The summed E-state index contributed by atoms with van der Waals surface area (Å²) in [5.41, 5.74) is 6.78. The molecular formula is C11H20N2OS. The Bertz CT molecular complexity index is 315. The van der Waals surface area contributed by atoms with Gasteiger partial charge in [0.15, 0.2) is 0 Å². The molecule has 0 fully saturated rings. The van der Waals surface area contributed by atoms with Crippen LogP contribution in [0.3, 0.4) is 0 Å². The average molecular weight is 228 g/mol. The minimum Gasteiger partial charge on any atom is -0.374 e. The van der Waals surface area contributed by atoms with Gasteiger partial charge in [0.2, 0.25) is 0 Å². The second-order valence-corrected chi connectivity index (χ2v) is 5.77. The molecule has 0 radical (unpaired) electrons. The fourth-order valence-corrected chi connectivity index (χ4v) is 2.70. The molecule has 0 saturated heterocycles. The van der Waals surface area contributed by atoms with Crippen LogP contribution in [0.15, 0.2) is 5.38 Å². The van der Waals surface area contributed by atoms with Gasteiger partial charge in [-0.05, 0) is 12.3 Å². The van der Waals surface area contributed by atoms with E-state index in [4.69, 9.17) is 10.5 Å². The molecule has 0 aliphatic carbocycles. The molecule has 0 aliphatic heterocycles. The first-order valence-electron chi connectivity index (χ1n) is 5.10. The summed E-state index contributed by atoms with van der Waals surface area (Å²) in [6, 6.07) is -0.00697. The second-order valence-electron chi connectivity index (χ2n) is 4.88. The predicted molar refractivity (Wildman–Crippen MR) is 63.9 cm³/mol. The first-order valence-corrected chi connectivity index (χ1v) is 5.98. The summed E-state index contributed by atoms with van der Waals surface area (Å²) in [5, 5.41) is 3.02. The van der Waals surface area contributed by atoms with Crippen molar-refractivity contribution in [3.05, 3.63) is 16.1 Å². The number of methoxy groups -OCH3 is 1. The van der Waals surface area contributed by atoms with E-state index in [1.54, 1.807) is 18.4 Å². The lowest BCUT2D eigenvalue weighted by Crippen LogP contribution is -2.20. The zero-order valence-electron chi connectivity index (χ0n) is 10.1. The Morgan fingerprint density at radius 3 is 2.40 bits per heavy atom. The summed E-state index contributed by atoms with van der Waals surface area (Å²) in [6.45, 7) is 8.38. The maximum atomic E-state index is 5.78. The van der Waals surface area contributed by atoms with Gasteiger partial charge in [-0.3, -0.25) is 0 Å². The van der Waals surface area contributed by atoms with Crippen molar-refractivity contribution >= 4 is 11.3 Å². The van der Waals surface area contributed by atoms with E-state index < -0.39 is 0 Å². The van der Waals surface area contributed by atoms with Gasteiger partial charge in [0.05, 0.1) is 5.69 Å². The van der Waals surface area contributed by atoms with E-state index in [-0.39, 0.29) is 17.6 Å². The lowest BCUT2D eigenvalue weighted by molar-refractivity contribution is 0.0149. The quantitative estimate of drug-likeness (QED) is 0.865. The van der Waals surface area contributed by atoms with Crippen molar-refractivity contribution in [3.63, 3.8) is 0 Å². The van der Waals surface area contributed by atoms with Crippen molar-refractivity contribution in [1.29, 1.82) is 0 Å². The first-order chi connectivity index (χ1) is 6.86. The van der Waals surface area contributed by atoms with E-state index in [1.165, 1.54) is 0 Å². The number of ether oxygens (including phenoxy) is 1. The molecule has 15 heavy (non-hydrogen) atoms. The fraction of sp³-hybridized carbons (Fsp3) is 0.727. The molecule has 0 bridgehead atoms. The zero-order valence-corrected chi connectivity index (χ0v) is 10.9. The monoisotopic (exact) mass is 228 g/mol. The van der Waals surface area contributed by atoms with Crippen molar-refractivity contribution in [2.24, 2.45) is 11.1 Å². The van der Waals surface area contributed by atoms with E-state index in [0.717, 1.165) is 10.7 Å². The Hall–Kier alpha value is -0.450. The Morgan fingerprint density at radius 2 is 2.07 bits per heavy atom. The molecule has 0 aromatic carbocycles. The number of aromatic nitrogens is 1. The van der Waals surface area contributed by atoms with E-state index >= 15 is 0 Å². The summed E-state index contributed by atoms with van der Waals surface area (Å²) in [4.78, 5) is 4.52. The van der Waals surface area contributed by atoms with Gasteiger partial charge in [-0.15, -0.1) is 11.3 Å². The largest absolute Gasteiger partial charge is 0.374 e. The van der Waals surface area contributed by atoms with Gasteiger partial charge in [0.25, 0.3) is 0 Å². The van der Waals surface area contributed by atoms with Gasteiger partial charge in [-0.2, -0.15) is 0 Å². The highest BCUT2D eigenvalue weighted by molar-refractivity contribution is 7.09. The maximum absolute atomic E-state index is 5.78. The van der Waals surface area contributed by atoms with Crippen molar-refractivity contribution in [2.75, 3.05) is 7.11 Å². The third-order valence-corrected chi connectivity index (χ3v) is 3.16. The molecule has 0 saturated carbocycles. The smallest absolute Gasteiger partial charge is 0.122 e. The number of hydrogen-bond acceptors (Lipinski definition) is 4. The summed E-state index contributed by atoms with van der Waals surface area (Å²) in [7, 11) is 1.73. The molecule has 2 unspecified atom stereocenters. The van der Waals surface area contributed by atoms with Gasteiger partial charge in [-0.25, -0.2) is 4.98 Å². The van der Waals surface area contributed by atoms with Gasteiger partial charge in [0.1, 0.15) is 11.1 Å². The molecule has 0 aliphatic rings. The molecule has 0 spiro atoms. The van der Waals surface area contributed by atoms with Crippen LogP contribution in [0.5, 0.6) is 0 Å². The van der Waals surface area contributed by atoms with Crippen LogP contribution in [-0.2, 0) is 4.74 Å². The van der Waals surface area contributed by atoms with Crippen LogP contribution in [0.2, 0.25) is 0 Å². The lowest BCUT2D eigenvalue weighted by atomic mass is 9.89. The Morgan fingerprint density at radius 1 is 1.47 bits per heavy atom. The zero-order chi connectivity index (χ0) is 11.6. The SMILES string of the molecule is COC(c1nc(C(C)N)cs1)C(C)(C)C. The molecular weight excluding hydrogens is 208 g/mol. The minimum atomic E-state index is -0.00697. The third kappa shape index (κ3) is 3.00. The Balaban J connectivity index is 2.93. The molecule has 1 aromatic rings. The molecule has 86 valence electrons. The number of hydrogen-bond donors (Lipinski definition) is 1. The molecule has 1 heterocycles. The van der Waals surface area contributed by atoms with Crippen molar-refractivity contribution in [1.82, 2.24) is 4.98 Å². The molecule has 0 amide bonds. The second kappa shape index (κ2) is 4.60. The minimum absolute atomic E-state index is 0.00697. The van der Waals surface area contributed by atoms with Crippen LogP contribution in [0.1, 0.15) is 50.5 Å². The Labute approximate surface area is 95.7 Å². The van der Waals surface area contributed by atoms with Gasteiger partial charge in [-0.1, -0.05) is 20.8 Å². The number of nitrogens with two attached hydrogens (primary N) is 1. The van der Waals surface area contributed by atoms with E-state index in [1.807, 2.05) is 12.3 Å². The highest BCUT2D eigenvalue weighted by atomic mass is 32.1. The number of thiazole rings is 1. The average Bonchev–Trinajstić information content (AvgIpc) is 2.51. The fourth-order valence-electron chi connectivity index (χ4n) is 1.46. The molecule has 1 aromatic heterocycles. The molecule has 2 atom stereocenters.